The molecule has 0 saturated heterocycles. The molecule has 0 aromatic heterocycles. The number of rotatable bonds is 5. The number of halogens is 1. The van der Waals surface area contributed by atoms with Crippen molar-refractivity contribution in [1.82, 2.24) is 0 Å². The van der Waals surface area contributed by atoms with Crippen LogP contribution in [0.5, 0.6) is 5.75 Å². The van der Waals surface area contributed by atoms with E-state index in [-0.39, 0.29) is 25.5 Å². The Bertz CT molecular complexity index is 1200. The second-order valence-corrected chi connectivity index (χ2v) is 8.93. The summed E-state index contributed by atoms with van der Waals surface area (Å²) in [7, 11) is 0. The molecule has 0 unspecified atom stereocenters. The zero-order chi connectivity index (χ0) is 22.8. The van der Waals surface area contributed by atoms with Gasteiger partial charge in [0.1, 0.15) is 18.2 Å². The van der Waals surface area contributed by atoms with Gasteiger partial charge < -0.3 is 19.5 Å². The van der Waals surface area contributed by atoms with E-state index < -0.39 is 23.3 Å². The molecule has 168 valence electrons. The number of ether oxygens (including phenoxy) is 3. The molecule has 3 aromatic carbocycles. The van der Waals surface area contributed by atoms with Crippen LogP contribution in [0.15, 0.2) is 71.6 Å². The van der Waals surface area contributed by atoms with E-state index in [0.29, 0.717) is 16.9 Å². The molecule has 33 heavy (non-hydrogen) atoms. The number of hydrogen-bond acceptors (Lipinski definition) is 6. The van der Waals surface area contributed by atoms with Crippen LogP contribution in [0.3, 0.4) is 0 Å². The van der Waals surface area contributed by atoms with Crippen LogP contribution in [-0.4, -0.2) is 17.1 Å². The van der Waals surface area contributed by atoms with Crippen LogP contribution in [0.1, 0.15) is 29.4 Å². The summed E-state index contributed by atoms with van der Waals surface area (Å²) in [6.45, 7) is 0.00191. The molecule has 5 rings (SSSR count). The van der Waals surface area contributed by atoms with Crippen molar-refractivity contribution in [1.29, 1.82) is 0 Å². The quantitative estimate of drug-likeness (QED) is 0.536. The topological polar surface area (TPSA) is 73.9 Å². The number of benzene rings is 3. The summed E-state index contributed by atoms with van der Waals surface area (Å²) < 4.78 is 31.3. The Labute approximate surface area is 194 Å². The molecule has 2 aliphatic rings. The Hall–Kier alpha value is -3.36. The fourth-order valence-electron chi connectivity index (χ4n) is 3.75. The molecular formula is C25H20FNO5S. The lowest BCUT2D eigenvalue weighted by molar-refractivity contribution is -0.146. The van der Waals surface area contributed by atoms with Crippen LogP contribution in [-0.2, 0) is 32.3 Å². The minimum absolute atomic E-state index is 0.0983. The fraction of sp³-hybridized carbons (Fsp3) is 0.200. The SMILES string of the molecule is O=C(C[C@@H]1Sc2ccccc2NC1=O)OCc1cc(F)cc2c1O[C@H](c1ccccc1)OC2. The molecule has 2 aliphatic heterocycles. The first-order valence-corrected chi connectivity index (χ1v) is 11.3. The molecule has 0 saturated carbocycles. The van der Waals surface area contributed by atoms with E-state index in [1.165, 1.54) is 23.9 Å². The molecular weight excluding hydrogens is 445 g/mol. The zero-order valence-electron chi connectivity index (χ0n) is 17.5. The van der Waals surface area contributed by atoms with E-state index >= 15 is 0 Å². The van der Waals surface area contributed by atoms with Crippen LogP contribution in [0.2, 0.25) is 0 Å². The smallest absolute Gasteiger partial charge is 0.307 e. The summed E-state index contributed by atoms with van der Waals surface area (Å²) in [5.74, 6) is -0.816. The zero-order valence-corrected chi connectivity index (χ0v) is 18.3. The van der Waals surface area contributed by atoms with E-state index in [9.17, 15) is 14.0 Å². The number of amides is 1. The van der Waals surface area contributed by atoms with Gasteiger partial charge in [-0.1, -0.05) is 42.5 Å². The number of hydrogen-bond donors (Lipinski definition) is 1. The van der Waals surface area contributed by atoms with Crippen LogP contribution in [0.25, 0.3) is 0 Å². The third-order valence-corrected chi connectivity index (χ3v) is 6.62. The molecule has 2 heterocycles. The van der Waals surface area contributed by atoms with Crippen molar-refractivity contribution >= 4 is 29.3 Å². The highest BCUT2D eigenvalue weighted by Crippen LogP contribution is 2.38. The highest BCUT2D eigenvalue weighted by atomic mass is 32.2. The summed E-state index contributed by atoms with van der Waals surface area (Å²) in [5, 5.41) is 2.21. The number of esters is 1. The molecule has 0 radical (unpaired) electrons. The molecule has 0 aliphatic carbocycles. The lowest BCUT2D eigenvalue weighted by Gasteiger charge is -2.28. The standard InChI is InChI=1S/C25H20FNO5S/c26-18-10-16(23-17(11-18)14-31-25(32-23)15-6-2-1-3-7-15)13-30-22(28)12-21-24(29)27-19-8-4-5-9-20(19)33-21/h1-11,21,25H,12-14H2,(H,27,29)/t21-,25+/m0/s1. The summed E-state index contributed by atoms with van der Waals surface area (Å²) in [4.78, 5) is 25.8. The van der Waals surface area contributed by atoms with E-state index in [1.807, 2.05) is 54.6 Å². The fourth-order valence-corrected chi connectivity index (χ4v) is 4.85. The van der Waals surface area contributed by atoms with Gasteiger partial charge in [0.05, 0.1) is 24.0 Å². The second kappa shape index (κ2) is 9.25. The molecule has 0 spiro atoms. The largest absolute Gasteiger partial charge is 0.461 e. The molecule has 8 heteroatoms. The molecule has 1 amide bonds. The van der Waals surface area contributed by atoms with Gasteiger partial charge in [0, 0.05) is 21.6 Å². The van der Waals surface area contributed by atoms with Gasteiger partial charge in [-0.2, -0.15) is 0 Å². The lowest BCUT2D eigenvalue weighted by Crippen LogP contribution is -2.31. The van der Waals surface area contributed by atoms with Crippen molar-refractivity contribution in [2.24, 2.45) is 0 Å². The molecule has 6 nitrogen and oxygen atoms in total. The maximum Gasteiger partial charge on any atom is 0.307 e. The van der Waals surface area contributed by atoms with Crippen molar-refractivity contribution in [2.75, 3.05) is 5.32 Å². The van der Waals surface area contributed by atoms with Gasteiger partial charge >= 0.3 is 5.97 Å². The molecule has 0 fully saturated rings. The summed E-state index contributed by atoms with van der Waals surface area (Å²) in [6, 6.07) is 19.5. The average Bonchev–Trinajstić information content (AvgIpc) is 2.83. The maximum absolute atomic E-state index is 14.2. The van der Waals surface area contributed by atoms with Crippen molar-refractivity contribution < 1.29 is 28.2 Å². The van der Waals surface area contributed by atoms with Gasteiger partial charge in [-0.25, -0.2) is 4.39 Å². The number of carbonyl (C=O) groups excluding carboxylic acids is 2. The van der Waals surface area contributed by atoms with Gasteiger partial charge in [-0.3, -0.25) is 9.59 Å². The predicted octanol–water partition coefficient (Wildman–Crippen LogP) is 4.98. The highest BCUT2D eigenvalue weighted by molar-refractivity contribution is 8.01. The minimum atomic E-state index is -0.638. The van der Waals surface area contributed by atoms with Gasteiger partial charge in [-0.15, -0.1) is 11.8 Å². The van der Waals surface area contributed by atoms with E-state index in [0.717, 1.165) is 16.1 Å². The lowest BCUT2D eigenvalue weighted by atomic mass is 10.1. The Morgan fingerprint density at radius 1 is 1.12 bits per heavy atom. The Kier molecular flexibility index (Phi) is 6.02. The van der Waals surface area contributed by atoms with Crippen molar-refractivity contribution in [3.05, 3.63) is 89.2 Å². The first kappa shape index (κ1) is 21.5. The van der Waals surface area contributed by atoms with Crippen molar-refractivity contribution in [2.45, 2.75) is 36.1 Å². The van der Waals surface area contributed by atoms with E-state index in [2.05, 4.69) is 5.32 Å². The monoisotopic (exact) mass is 465 g/mol. The van der Waals surface area contributed by atoms with Crippen LogP contribution >= 0.6 is 11.8 Å². The molecule has 2 atom stereocenters. The van der Waals surface area contributed by atoms with Crippen LogP contribution < -0.4 is 10.1 Å². The number of para-hydroxylation sites is 1. The minimum Gasteiger partial charge on any atom is -0.461 e. The van der Waals surface area contributed by atoms with Gasteiger partial charge in [-0.05, 0) is 24.3 Å². The summed E-state index contributed by atoms with van der Waals surface area (Å²) in [5.41, 5.74) is 2.52. The highest BCUT2D eigenvalue weighted by Gasteiger charge is 2.30. The van der Waals surface area contributed by atoms with Crippen molar-refractivity contribution in [3.8, 4) is 5.75 Å². The maximum atomic E-state index is 14.2. The second-order valence-electron chi connectivity index (χ2n) is 7.68. The number of anilines is 1. The Balaban J connectivity index is 1.26. The van der Waals surface area contributed by atoms with Crippen LogP contribution in [0.4, 0.5) is 10.1 Å². The number of fused-ring (bicyclic) bond motifs is 2. The number of carbonyl (C=O) groups is 2. The van der Waals surface area contributed by atoms with E-state index in [1.54, 1.807) is 0 Å². The van der Waals surface area contributed by atoms with Crippen LogP contribution in [0, 0.1) is 5.82 Å². The van der Waals surface area contributed by atoms with Crippen molar-refractivity contribution in [3.63, 3.8) is 0 Å². The van der Waals surface area contributed by atoms with Gasteiger partial charge in [0.15, 0.2) is 0 Å². The third kappa shape index (κ3) is 4.72. The normalized spacial score (nSPS) is 19.0. The summed E-state index contributed by atoms with van der Waals surface area (Å²) in [6.07, 6.45) is -0.736. The number of nitrogens with one attached hydrogen (secondary N) is 1. The first-order valence-electron chi connectivity index (χ1n) is 10.4. The van der Waals surface area contributed by atoms with Gasteiger partial charge in [0.2, 0.25) is 12.2 Å². The third-order valence-electron chi connectivity index (χ3n) is 5.34. The van der Waals surface area contributed by atoms with Gasteiger partial charge in [0.25, 0.3) is 0 Å². The first-order chi connectivity index (χ1) is 16.1. The Morgan fingerprint density at radius 3 is 2.76 bits per heavy atom. The molecule has 0 bridgehead atoms. The average molecular weight is 466 g/mol. The van der Waals surface area contributed by atoms with E-state index in [4.69, 9.17) is 14.2 Å². The summed E-state index contributed by atoms with van der Waals surface area (Å²) >= 11 is 1.32. The molecule has 1 N–H and O–H groups in total. The molecule has 3 aromatic rings. The number of thioether (sulfide) groups is 1. The predicted molar refractivity (Wildman–Crippen MR) is 120 cm³/mol. The Morgan fingerprint density at radius 2 is 1.91 bits per heavy atom.